The Labute approximate surface area is 142 Å². The Balaban J connectivity index is 0.00000324. The van der Waals surface area contributed by atoms with Crippen molar-refractivity contribution in [3.63, 3.8) is 0 Å². The van der Waals surface area contributed by atoms with Gasteiger partial charge in [0.25, 0.3) is 0 Å². The van der Waals surface area contributed by atoms with Gasteiger partial charge in [0.2, 0.25) is 0 Å². The standard InChI is InChI=1S/C14H18O4.Ca/c1-2-3-7-10-14(12(15)16,13(17)18)11-8-5-4-6-9-11;/h4-6,8-9H,2-3,7,10H2,1H3,(H,15,16)(H,17,18);/q;+2/p-2. The topological polar surface area (TPSA) is 80.3 Å². The number of carboxylic acid groups (broad SMARTS) is 2. The quantitative estimate of drug-likeness (QED) is 0.389. The maximum Gasteiger partial charge on any atom is 2.00 e. The van der Waals surface area contributed by atoms with Crippen molar-refractivity contribution in [1.82, 2.24) is 0 Å². The number of hydrogen-bond acceptors (Lipinski definition) is 4. The molecule has 0 atom stereocenters. The molecule has 1 aromatic rings. The fourth-order valence-corrected chi connectivity index (χ4v) is 2.03. The van der Waals surface area contributed by atoms with E-state index in [1.165, 1.54) is 12.1 Å². The minimum absolute atomic E-state index is 0. The molecule has 0 saturated heterocycles. The summed E-state index contributed by atoms with van der Waals surface area (Å²) in [6.07, 6.45) is 2.16. The molecule has 0 aliphatic heterocycles. The van der Waals surface area contributed by atoms with E-state index < -0.39 is 17.4 Å². The summed E-state index contributed by atoms with van der Waals surface area (Å²) in [5.41, 5.74) is -1.84. The Morgan fingerprint density at radius 2 is 1.58 bits per heavy atom. The van der Waals surface area contributed by atoms with Gasteiger partial charge >= 0.3 is 37.7 Å². The first-order valence-corrected chi connectivity index (χ1v) is 6.04. The van der Waals surface area contributed by atoms with Crippen molar-refractivity contribution in [3.8, 4) is 0 Å². The molecule has 0 heterocycles. The van der Waals surface area contributed by atoms with Gasteiger partial charge in [-0.1, -0.05) is 56.5 Å². The molecule has 19 heavy (non-hydrogen) atoms. The number of benzene rings is 1. The molecule has 98 valence electrons. The number of carboxylic acids is 2. The van der Waals surface area contributed by atoms with Crippen LogP contribution in [0.25, 0.3) is 0 Å². The van der Waals surface area contributed by atoms with E-state index in [0.29, 0.717) is 6.42 Å². The summed E-state index contributed by atoms with van der Waals surface area (Å²) in [7, 11) is 0. The van der Waals surface area contributed by atoms with Crippen LogP contribution in [0, 0.1) is 0 Å². The molecular weight excluding hydrogens is 272 g/mol. The minimum Gasteiger partial charge on any atom is -0.549 e. The van der Waals surface area contributed by atoms with Gasteiger partial charge in [0.05, 0.1) is 17.4 Å². The van der Waals surface area contributed by atoms with Crippen LogP contribution in [0.2, 0.25) is 0 Å². The molecule has 0 saturated carbocycles. The van der Waals surface area contributed by atoms with E-state index in [2.05, 4.69) is 0 Å². The van der Waals surface area contributed by atoms with E-state index in [1.807, 2.05) is 6.92 Å². The maximum atomic E-state index is 11.3. The molecule has 1 rings (SSSR count). The summed E-state index contributed by atoms with van der Waals surface area (Å²) >= 11 is 0. The molecular formula is C14H16CaO4. The first-order chi connectivity index (χ1) is 8.55. The van der Waals surface area contributed by atoms with Crippen molar-refractivity contribution in [1.29, 1.82) is 0 Å². The minimum atomic E-state index is -2.05. The molecule has 1 aromatic carbocycles. The average Bonchev–Trinajstić information content (AvgIpc) is 2.35. The Bertz CT molecular complexity index is 403. The number of carbonyl (C=O) groups is 2. The van der Waals surface area contributed by atoms with E-state index >= 15 is 0 Å². The van der Waals surface area contributed by atoms with Crippen molar-refractivity contribution in [3.05, 3.63) is 35.9 Å². The van der Waals surface area contributed by atoms with Gasteiger partial charge in [-0.05, 0) is 12.0 Å². The van der Waals surface area contributed by atoms with Crippen LogP contribution in [0.15, 0.2) is 30.3 Å². The van der Waals surface area contributed by atoms with Gasteiger partial charge < -0.3 is 19.8 Å². The van der Waals surface area contributed by atoms with Crippen LogP contribution in [-0.4, -0.2) is 49.7 Å². The third-order valence-corrected chi connectivity index (χ3v) is 3.12. The third-order valence-electron chi connectivity index (χ3n) is 3.12. The van der Waals surface area contributed by atoms with Crippen LogP contribution >= 0.6 is 0 Å². The molecule has 0 aliphatic carbocycles. The SMILES string of the molecule is CCCCCC(C(=O)[O-])(C(=O)[O-])c1ccccc1.[Ca+2]. The van der Waals surface area contributed by atoms with E-state index in [1.54, 1.807) is 18.2 Å². The Kier molecular flexibility index (Phi) is 8.30. The van der Waals surface area contributed by atoms with Crippen LogP contribution < -0.4 is 10.2 Å². The first kappa shape index (κ1) is 18.4. The fourth-order valence-electron chi connectivity index (χ4n) is 2.03. The van der Waals surface area contributed by atoms with Crippen LogP contribution in [0.3, 0.4) is 0 Å². The number of unbranched alkanes of at least 4 members (excludes halogenated alkanes) is 2. The first-order valence-electron chi connectivity index (χ1n) is 6.04. The van der Waals surface area contributed by atoms with Crippen molar-refractivity contribution < 1.29 is 19.8 Å². The molecule has 0 spiro atoms. The van der Waals surface area contributed by atoms with Crippen molar-refractivity contribution >= 4 is 49.7 Å². The van der Waals surface area contributed by atoms with Crippen molar-refractivity contribution in [2.24, 2.45) is 0 Å². The summed E-state index contributed by atoms with van der Waals surface area (Å²) in [6, 6.07) is 7.88. The van der Waals surface area contributed by atoms with Crippen LogP contribution in [-0.2, 0) is 15.0 Å². The average molecular weight is 288 g/mol. The van der Waals surface area contributed by atoms with E-state index in [9.17, 15) is 19.8 Å². The molecule has 5 heteroatoms. The van der Waals surface area contributed by atoms with Gasteiger partial charge in [-0.15, -0.1) is 0 Å². The summed E-state index contributed by atoms with van der Waals surface area (Å²) < 4.78 is 0. The summed E-state index contributed by atoms with van der Waals surface area (Å²) in [6.45, 7) is 1.96. The monoisotopic (exact) mass is 288 g/mol. The molecule has 0 N–H and O–H groups in total. The zero-order chi connectivity index (χ0) is 13.6. The van der Waals surface area contributed by atoms with Crippen LogP contribution in [0.4, 0.5) is 0 Å². The smallest absolute Gasteiger partial charge is 0.549 e. The number of rotatable bonds is 7. The normalized spacial score (nSPS) is 10.6. The molecule has 0 radical (unpaired) electrons. The van der Waals surface area contributed by atoms with Gasteiger partial charge in [-0.25, -0.2) is 0 Å². The predicted molar refractivity (Wildman–Crippen MR) is 68.0 cm³/mol. The van der Waals surface area contributed by atoms with E-state index in [4.69, 9.17) is 0 Å². The van der Waals surface area contributed by atoms with Crippen molar-refractivity contribution in [2.45, 2.75) is 38.0 Å². The van der Waals surface area contributed by atoms with Crippen molar-refractivity contribution in [2.75, 3.05) is 0 Å². The summed E-state index contributed by atoms with van der Waals surface area (Å²) in [5.74, 6) is -3.21. The molecule has 0 bridgehead atoms. The van der Waals surface area contributed by atoms with Gasteiger partial charge in [0.15, 0.2) is 0 Å². The predicted octanol–water partition coefficient (Wildman–Crippen LogP) is -0.376. The van der Waals surface area contributed by atoms with Gasteiger partial charge in [-0.3, -0.25) is 0 Å². The Morgan fingerprint density at radius 3 is 2.00 bits per heavy atom. The van der Waals surface area contributed by atoms with E-state index in [-0.39, 0.29) is 49.7 Å². The number of hydrogen-bond donors (Lipinski definition) is 0. The Hall–Kier alpha value is -0.580. The summed E-state index contributed by atoms with van der Waals surface area (Å²) in [5, 5.41) is 22.7. The molecule has 4 nitrogen and oxygen atoms in total. The fraction of sp³-hybridized carbons (Fsp3) is 0.429. The molecule has 0 aliphatic rings. The molecule has 0 aromatic heterocycles. The van der Waals surface area contributed by atoms with Crippen LogP contribution in [0.5, 0.6) is 0 Å². The Morgan fingerprint density at radius 1 is 1.05 bits per heavy atom. The third kappa shape index (κ3) is 4.20. The van der Waals surface area contributed by atoms with Gasteiger partial charge in [0.1, 0.15) is 0 Å². The maximum absolute atomic E-state index is 11.3. The largest absolute Gasteiger partial charge is 2.00 e. The molecule has 0 unspecified atom stereocenters. The van der Waals surface area contributed by atoms with Crippen LogP contribution in [0.1, 0.15) is 38.2 Å². The van der Waals surface area contributed by atoms with E-state index in [0.717, 1.165) is 12.8 Å². The second-order valence-corrected chi connectivity index (χ2v) is 4.30. The zero-order valence-corrected chi connectivity index (χ0v) is 13.3. The number of aliphatic carboxylic acids is 2. The number of carbonyl (C=O) groups excluding carboxylic acids is 2. The molecule has 0 fully saturated rings. The van der Waals surface area contributed by atoms with Gasteiger partial charge in [-0.2, -0.15) is 0 Å². The second-order valence-electron chi connectivity index (χ2n) is 4.30. The zero-order valence-electron chi connectivity index (χ0n) is 11.1. The summed E-state index contributed by atoms with van der Waals surface area (Å²) in [4.78, 5) is 22.7. The second kappa shape index (κ2) is 8.56. The molecule has 0 amide bonds. The van der Waals surface area contributed by atoms with Gasteiger partial charge in [0, 0.05) is 0 Å².